The minimum atomic E-state index is -1.02. The number of carboxylic acids is 1. The lowest BCUT2D eigenvalue weighted by Gasteiger charge is -2.24. The summed E-state index contributed by atoms with van der Waals surface area (Å²) in [6.07, 6.45) is 0. The molecule has 1 rings (SSSR count). The van der Waals surface area contributed by atoms with Gasteiger partial charge in [-0.15, -0.1) is 0 Å². The van der Waals surface area contributed by atoms with Crippen LogP contribution in [0.1, 0.15) is 24.1 Å². The van der Waals surface area contributed by atoms with Crippen molar-refractivity contribution in [2.75, 3.05) is 7.05 Å². The molecule has 0 aliphatic carbocycles. The minimum Gasteiger partial charge on any atom is -0.479 e. The normalized spacial score (nSPS) is 11.9. The smallest absolute Gasteiger partial charge is 0.331 e. The van der Waals surface area contributed by atoms with Gasteiger partial charge in [-0.2, -0.15) is 0 Å². The Labute approximate surface area is 94.5 Å². The summed E-state index contributed by atoms with van der Waals surface area (Å²) in [5.41, 5.74) is 1.59. The van der Waals surface area contributed by atoms with Gasteiger partial charge in [-0.3, -0.25) is 4.79 Å². The van der Waals surface area contributed by atoms with Crippen molar-refractivity contribution in [1.29, 1.82) is 0 Å². The van der Waals surface area contributed by atoms with Crippen LogP contribution in [0.15, 0.2) is 24.3 Å². The summed E-state index contributed by atoms with van der Waals surface area (Å²) >= 11 is 0. The molecule has 1 atom stereocenters. The van der Waals surface area contributed by atoms with Crippen molar-refractivity contribution in [2.24, 2.45) is 0 Å². The highest BCUT2D eigenvalue weighted by atomic mass is 16.4. The fourth-order valence-electron chi connectivity index (χ4n) is 1.55. The molecule has 0 saturated carbocycles. The van der Waals surface area contributed by atoms with Gasteiger partial charge in [-0.1, -0.05) is 29.8 Å². The fraction of sp³-hybridized carbons (Fsp3) is 0.333. The second-order valence-corrected chi connectivity index (χ2v) is 3.78. The van der Waals surface area contributed by atoms with Gasteiger partial charge >= 0.3 is 5.97 Å². The molecule has 16 heavy (non-hydrogen) atoms. The van der Waals surface area contributed by atoms with Gasteiger partial charge in [-0.25, -0.2) is 4.79 Å². The van der Waals surface area contributed by atoms with Gasteiger partial charge < -0.3 is 10.0 Å². The average Bonchev–Trinajstić information content (AvgIpc) is 2.17. The molecule has 1 aromatic rings. The predicted molar refractivity (Wildman–Crippen MR) is 60.0 cm³/mol. The van der Waals surface area contributed by atoms with Crippen molar-refractivity contribution in [3.8, 4) is 0 Å². The largest absolute Gasteiger partial charge is 0.479 e. The van der Waals surface area contributed by atoms with Gasteiger partial charge in [0.1, 0.15) is 0 Å². The first-order chi connectivity index (χ1) is 7.43. The lowest BCUT2D eigenvalue weighted by molar-refractivity contribution is -0.148. The predicted octanol–water partition coefficient (Wildman–Crippen LogP) is 1.60. The van der Waals surface area contributed by atoms with E-state index in [1.54, 1.807) is 18.2 Å². The van der Waals surface area contributed by atoms with Crippen molar-refractivity contribution in [3.05, 3.63) is 35.4 Å². The molecule has 0 fully saturated rings. The average molecular weight is 221 g/mol. The van der Waals surface area contributed by atoms with Gasteiger partial charge in [0.15, 0.2) is 6.04 Å². The number of rotatable bonds is 3. The van der Waals surface area contributed by atoms with Crippen LogP contribution in [0.25, 0.3) is 0 Å². The van der Waals surface area contributed by atoms with Crippen molar-refractivity contribution in [3.63, 3.8) is 0 Å². The molecule has 4 nitrogen and oxygen atoms in total. The molecule has 1 aromatic carbocycles. The highest BCUT2D eigenvalue weighted by Crippen LogP contribution is 2.20. The molecule has 0 heterocycles. The van der Waals surface area contributed by atoms with E-state index >= 15 is 0 Å². The summed E-state index contributed by atoms with van der Waals surface area (Å²) in [7, 11) is 1.49. The standard InChI is InChI=1S/C12H15NO3/c1-8-5-4-6-10(7-8)11(12(15)16)13(3)9(2)14/h4-7,11H,1-3H3,(H,15,16). The minimum absolute atomic E-state index is 0.270. The maximum atomic E-state index is 11.2. The first kappa shape index (κ1) is 12.2. The van der Waals surface area contributed by atoms with Gasteiger partial charge in [0.2, 0.25) is 5.91 Å². The maximum absolute atomic E-state index is 11.2. The molecular weight excluding hydrogens is 206 g/mol. The Morgan fingerprint density at radius 1 is 1.38 bits per heavy atom. The number of carbonyl (C=O) groups excluding carboxylic acids is 1. The van der Waals surface area contributed by atoms with Crippen molar-refractivity contribution in [2.45, 2.75) is 19.9 Å². The van der Waals surface area contributed by atoms with Gasteiger partial charge in [0, 0.05) is 14.0 Å². The number of carboxylic acid groups (broad SMARTS) is 1. The number of aryl methyl sites for hydroxylation is 1. The number of nitrogens with zero attached hydrogens (tertiary/aromatic N) is 1. The number of hydrogen-bond donors (Lipinski definition) is 1. The second-order valence-electron chi connectivity index (χ2n) is 3.78. The van der Waals surface area contributed by atoms with Gasteiger partial charge in [0.25, 0.3) is 0 Å². The molecule has 1 unspecified atom stereocenters. The van der Waals surface area contributed by atoms with Gasteiger partial charge in [0.05, 0.1) is 0 Å². The summed E-state index contributed by atoms with van der Waals surface area (Å²) in [5, 5.41) is 9.14. The third kappa shape index (κ3) is 2.59. The van der Waals surface area contributed by atoms with E-state index < -0.39 is 12.0 Å². The van der Waals surface area contributed by atoms with Crippen molar-refractivity contribution >= 4 is 11.9 Å². The first-order valence-electron chi connectivity index (χ1n) is 4.96. The Bertz CT molecular complexity index is 414. The summed E-state index contributed by atoms with van der Waals surface area (Å²) < 4.78 is 0. The van der Waals surface area contributed by atoms with E-state index in [9.17, 15) is 9.59 Å². The van der Waals surface area contributed by atoms with Crippen LogP contribution < -0.4 is 0 Å². The van der Waals surface area contributed by atoms with Crippen molar-refractivity contribution < 1.29 is 14.7 Å². The van der Waals surface area contributed by atoms with Crippen LogP contribution in [0.5, 0.6) is 0 Å². The number of carbonyl (C=O) groups is 2. The van der Waals surface area contributed by atoms with E-state index in [2.05, 4.69) is 0 Å². The molecular formula is C12H15NO3. The first-order valence-corrected chi connectivity index (χ1v) is 4.96. The number of likely N-dealkylation sites (N-methyl/N-ethyl adjacent to an activating group) is 1. The zero-order valence-corrected chi connectivity index (χ0v) is 9.60. The molecule has 86 valence electrons. The van der Waals surface area contributed by atoms with E-state index in [0.717, 1.165) is 5.56 Å². The SMILES string of the molecule is CC(=O)N(C)C(C(=O)O)c1cccc(C)c1. The van der Waals surface area contributed by atoms with Crippen LogP contribution in [-0.4, -0.2) is 28.9 Å². The molecule has 1 amide bonds. The third-order valence-corrected chi connectivity index (χ3v) is 2.48. The lowest BCUT2D eigenvalue weighted by Crippen LogP contribution is -2.34. The summed E-state index contributed by atoms with van der Waals surface area (Å²) in [4.78, 5) is 23.6. The monoisotopic (exact) mass is 221 g/mol. The van der Waals surface area contributed by atoms with Crippen LogP contribution in [0.3, 0.4) is 0 Å². The molecule has 1 N–H and O–H groups in total. The molecule has 0 aromatic heterocycles. The van der Waals surface area contributed by atoms with Crippen LogP contribution in [0.2, 0.25) is 0 Å². The van der Waals surface area contributed by atoms with E-state index in [1.807, 2.05) is 13.0 Å². The molecule has 0 radical (unpaired) electrons. The summed E-state index contributed by atoms with van der Waals surface area (Å²) in [5.74, 6) is -1.29. The number of amides is 1. The Balaban J connectivity index is 3.12. The third-order valence-electron chi connectivity index (χ3n) is 2.48. The molecule has 0 bridgehead atoms. The van der Waals surface area contributed by atoms with Gasteiger partial charge in [-0.05, 0) is 12.5 Å². The Morgan fingerprint density at radius 2 is 2.00 bits per heavy atom. The Morgan fingerprint density at radius 3 is 2.44 bits per heavy atom. The highest BCUT2D eigenvalue weighted by molar-refractivity contribution is 5.83. The quantitative estimate of drug-likeness (QED) is 0.843. The van der Waals surface area contributed by atoms with Crippen molar-refractivity contribution in [1.82, 2.24) is 4.90 Å². The number of aliphatic carboxylic acids is 1. The highest BCUT2D eigenvalue weighted by Gasteiger charge is 2.26. The summed E-state index contributed by atoms with van der Waals surface area (Å²) in [6.45, 7) is 3.24. The topological polar surface area (TPSA) is 57.6 Å². The zero-order chi connectivity index (χ0) is 12.3. The van der Waals surface area contributed by atoms with E-state index in [4.69, 9.17) is 5.11 Å². The molecule has 0 saturated heterocycles. The van der Waals surface area contributed by atoms with Crippen LogP contribution in [-0.2, 0) is 9.59 Å². The molecule has 0 aliphatic heterocycles. The van der Waals surface area contributed by atoms with Crippen LogP contribution >= 0.6 is 0 Å². The van der Waals surface area contributed by atoms with Crippen LogP contribution in [0.4, 0.5) is 0 Å². The Hall–Kier alpha value is -1.84. The fourth-order valence-corrected chi connectivity index (χ4v) is 1.55. The molecule has 0 aliphatic rings. The second kappa shape index (κ2) is 4.79. The van der Waals surface area contributed by atoms with E-state index in [-0.39, 0.29) is 5.91 Å². The molecule has 0 spiro atoms. The zero-order valence-electron chi connectivity index (χ0n) is 9.60. The van der Waals surface area contributed by atoms with E-state index in [1.165, 1.54) is 18.9 Å². The van der Waals surface area contributed by atoms with E-state index in [0.29, 0.717) is 5.56 Å². The number of benzene rings is 1. The maximum Gasteiger partial charge on any atom is 0.331 e. The van der Waals surface area contributed by atoms with Crippen LogP contribution in [0, 0.1) is 6.92 Å². The number of hydrogen-bond acceptors (Lipinski definition) is 2. The lowest BCUT2D eigenvalue weighted by atomic mass is 10.0. The Kier molecular flexibility index (Phi) is 3.66. The molecule has 4 heteroatoms. The summed E-state index contributed by atoms with van der Waals surface area (Å²) in [6, 6.07) is 6.24.